The van der Waals surface area contributed by atoms with Crippen molar-refractivity contribution in [3.63, 3.8) is 0 Å². The van der Waals surface area contributed by atoms with E-state index in [1.165, 1.54) is 7.11 Å². The standard InChI is InChI=1S/C23H30NO5P/c1-16(2)28-30(26,29-17(3)4)22-21-9-7-6-8-18(21)14-15-24(22)20-12-10-19(11-13-20)23(25)27-5/h6-13,16-17,22H,14-15H2,1-5H3. The first-order valence-corrected chi connectivity index (χ1v) is 11.9. The number of carbonyl (C=O) groups is 1. The summed E-state index contributed by atoms with van der Waals surface area (Å²) in [6, 6.07) is 15.1. The molecule has 3 rings (SSSR count). The molecule has 2 aromatic rings. The highest BCUT2D eigenvalue weighted by Gasteiger charge is 2.45. The van der Waals surface area contributed by atoms with Crippen LogP contribution >= 0.6 is 7.60 Å². The lowest BCUT2D eigenvalue weighted by Crippen LogP contribution is -2.37. The topological polar surface area (TPSA) is 65.1 Å². The monoisotopic (exact) mass is 431 g/mol. The Morgan fingerprint density at radius 2 is 1.60 bits per heavy atom. The first-order valence-electron chi connectivity index (χ1n) is 10.2. The molecule has 2 aromatic carbocycles. The molecule has 1 aliphatic rings. The third-order valence-electron chi connectivity index (χ3n) is 4.89. The number of hydrogen-bond acceptors (Lipinski definition) is 6. The van der Waals surface area contributed by atoms with Crippen LogP contribution in [0.4, 0.5) is 5.69 Å². The third kappa shape index (κ3) is 4.77. The van der Waals surface area contributed by atoms with Gasteiger partial charge in [0, 0.05) is 12.2 Å². The number of carbonyl (C=O) groups excluding carboxylic acids is 1. The molecule has 30 heavy (non-hydrogen) atoms. The lowest BCUT2D eigenvalue weighted by Gasteiger charge is -2.42. The molecule has 1 aliphatic heterocycles. The molecule has 162 valence electrons. The van der Waals surface area contributed by atoms with Gasteiger partial charge in [0.15, 0.2) is 5.78 Å². The number of esters is 1. The van der Waals surface area contributed by atoms with Gasteiger partial charge in [-0.2, -0.15) is 0 Å². The van der Waals surface area contributed by atoms with E-state index >= 15 is 0 Å². The van der Waals surface area contributed by atoms with Crippen LogP contribution in [-0.4, -0.2) is 31.8 Å². The molecule has 1 heterocycles. The number of methoxy groups -OCH3 is 1. The van der Waals surface area contributed by atoms with E-state index in [2.05, 4.69) is 11.0 Å². The van der Waals surface area contributed by atoms with Gasteiger partial charge in [-0.25, -0.2) is 4.79 Å². The highest BCUT2D eigenvalue weighted by atomic mass is 31.2. The minimum atomic E-state index is -3.56. The Kier molecular flexibility index (Phi) is 7.02. The van der Waals surface area contributed by atoms with Crippen molar-refractivity contribution in [1.29, 1.82) is 0 Å². The molecule has 6 nitrogen and oxygen atoms in total. The van der Waals surface area contributed by atoms with E-state index in [1.54, 1.807) is 12.1 Å². The van der Waals surface area contributed by atoms with Crippen molar-refractivity contribution in [3.05, 3.63) is 65.2 Å². The molecule has 7 heteroatoms. The summed E-state index contributed by atoms with van der Waals surface area (Å²) in [5.41, 5.74) is 3.41. The van der Waals surface area contributed by atoms with E-state index in [0.717, 1.165) is 23.2 Å². The Morgan fingerprint density at radius 3 is 2.17 bits per heavy atom. The highest BCUT2D eigenvalue weighted by molar-refractivity contribution is 7.54. The van der Waals surface area contributed by atoms with Gasteiger partial charge in [-0.05, 0) is 69.5 Å². The second kappa shape index (κ2) is 9.34. The highest BCUT2D eigenvalue weighted by Crippen LogP contribution is 2.65. The zero-order valence-corrected chi connectivity index (χ0v) is 19.1. The molecule has 0 radical (unpaired) electrons. The van der Waals surface area contributed by atoms with Gasteiger partial charge in [-0.1, -0.05) is 24.3 Å². The summed E-state index contributed by atoms with van der Waals surface area (Å²) < 4.78 is 31.0. The van der Waals surface area contributed by atoms with E-state index in [1.807, 2.05) is 58.0 Å². The average Bonchev–Trinajstić information content (AvgIpc) is 2.71. The number of fused-ring (bicyclic) bond motifs is 1. The predicted molar refractivity (Wildman–Crippen MR) is 118 cm³/mol. The Morgan fingerprint density at radius 1 is 1.00 bits per heavy atom. The maximum absolute atomic E-state index is 14.2. The van der Waals surface area contributed by atoms with Crippen LogP contribution in [0.25, 0.3) is 0 Å². The Balaban J connectivity index is 2.09. The summed E-state index contributed by atoms with van der Waals surface area (Å²) in [5.74, 6) is -0.963. The molecule has 0 amide bonds. The van der Waals surface area contributed by atoms with Crippen molar-refractivity contribution in [1.82, 2.24) is 0 Å². The van der Waals surface area contributed by atoms with Gasteiger partial charge in [0.1, 0.15) is 0 Å². The van der Waals surface area contributed by atoms with Crippen molar-refractivity contribution in [3.8, 4) is 0 Å². The number of rotatable bonds is 7. The summed E-state index contributed by atoms with van der Waals surface area (Å²) in [7, 11) is -2.21. The molecule has 1 atom stereocenters. The number of ether oxygens (including phenoxy) is 1. The van der Waals surface area contributed by atoms with E-state index in [9.17, 15) is 9.36 Å². The van der Waals surface area contributed by atoms with Crippen LogP contribution < -0.4 is 4.90 Å². The van der Waals surface area contributed by atoms with Crippen LogP contribution in [0, 0.1) is 0 Å². The first kappa shape index (κ1) is 22.5. The lowest BCUT2D eigenvalue weighted by molar-refractivity contribution is 0.0600. The fourth-order valence-corrected chi connectivity index (χ4v) is 6.43. The second-order valence-electron chi connectivity index (χ2n) is 7.90. The van der Waals surface area contributed by atoms with Crippen LogP contribution in [0.3, 0.4) is 0 Å². The molecule has 1 unspecified atom stereocenters. The van der Waals surface area contributed by atoms with E-state index in [4.69, 9.17) is 13.8 Å². The summed E-state index contributed by atoms with van der Waals surface area (Å²) in [5, 5.41) is 0. The molecule has 0 bridgehead atoms. The van der Waals surface area contributed by atoms with Crippen molar-refractivity contribution in [2.24, 2.45) is 0 Å². The number of anilines is 1. The smallest absolute Gasteiger partial charge is 0.357 e. The number of nitrogens with zero attached hydrogens (tertiary/aromatic N) is 1. The summed E-state index contributed by atoms with van der Waals surface area (Å²) >= 11 is 0. The predicted octanol–water partition coefficient (Wildman–Crippen LogP) is 5.58. The van der Waals surface area contributed by atoms with Crippen LogP contribution in [0.1, 0.15) is 55.0 Å². The summed E-state index contributed by atoms with van der Waals surface area (Å²) in [4.78, 5) is 13.9. The molecule has 0 saturated carbocycles. The molecular formula is C23H30NO5P. The Bertz CT molecular complexity index is 911. The van der Waals surface area contributed by atoms with Crippen molar-refractivity contribution >= 4 is 19.3 Å². The quantitative estimate of drug-likeness (QED) is 0.421. The fraction of sp³-hybridized carbons (Fsp3) is 0.435. The normalized spacial score (nSPS) is 16.6. The van der Waals surface area contributed by atoms with Crippen molar-refractivity contribution in [2.45, 2.75) is 52.1 Å². The molecule has 0 N–H and O–H groups in total. The van der Waals surface area contributed by atoms with E-state index in [-0.39, 0.29) is 18.2 Å². The first-order chi connectivity index (χ1) is 14.2. The molecule has 0 spiro atoms. The molecule has 0 saturated heterocycles. The maximum Gasteiger partial charge on any atom is 0.357 e. The lowest BCUT2D eigenvalue weighted by atomic mass is 9.99. The summed E-state index contributed by atoms with van der Waals surface area (Å²) in [6.07, 6.45) is 0.300. The van der Waals surface area contributed by atoms with E-state index < -0.39 is 13.4 Å². The van der Waals surface area contributed by atoms with Crippen molar-refractivity contribution in [2.75, 3.05) is 18.6 Å². The number of benzene rings is 2. The zero-order chi connectivity index (χ0) is 21.9. The zero-order valence-electron chi connectivity index (χ0n) is 18.2. The van der Waals surface area contributed by atoms with Crippen molar-refractivity contribution < 1.29 is 23.1 Å². The number of hydrogen-bond donors (Lipinski definition) is 0. The Hall–Kier alpha value is -2.14. The van der Waals surface area contributed by atoms with Gasteiger partial charge < -0.3 is 18.7 Å². The van der Waals surface area contributed by atoms with Crippen LogP contribution in [0.2, 0.25) is 0 Å². The van der Waals surface area contributed by atoms with Gasteiger partial charge in [0.05, 0.1) is 24.9 Å². The maximum atomic E-state index is 14.2. The van der Waals surface area contributed by atoms with Gasteiger partial charge >= 0.3 is 13.6 Å². The minimum Gasteiger partial charge on any atom is -0.465 e. The average molecular weight is 431 g/mol. The summed E-state index contributed by atoms with van der Waals surface area (Å²) in [6.45, 7) is 8.11. The van der Waals surface area contributed by atoms with Gasteiger partial charge in [0.2, 0.25) is 0 Å². The minimum absolute atomic E-state index is 0.257. The van der Waals surface area contributed by atoms with E-state index in [0.29, 0.717) is 12.1 Å². The van der Waals surface area contributed by atoms with Crippen LogP contribution in [0.5, 0.6) is 0 Å². The Labute approximate surface area is 178 Å². The SMILES string of the molecule is COC(=O)c1ccc(N2CCc3ccccc3C2P(=O)(OC(C)C)OC(C)C)cc1. The third-order valence-corrected chi connectivity index (χ3v) is 7.47. The molecule has 0 aromatic heterocycles. The van der Waals surface area contributed by atoms with Gasteiger partial charge in [0.25, 0.3) is 0 Å². The molecular weight excluding hydrogens is 401 g/mol. The second-order valence-corrected chi connectivity index (χ2v) is 9.89. The molecule has 0 fully saturated rings. The van der Waals surface area contributed by atoms with Crippen LogP contribution in [0.15, 0.2) is 48.5 Å². The van der Waals surface area contributed by atoms with Gasteiger partial charge in [-0.15, -0.1) is 0 Å². The largest absolute Gasteiger partial charge is 0.465 e. The van der Waals surface area contributed by atoms with Crippen LogP contribution in [-0.2, 0) is 24.8 Å². The molecule has 0 aliphatic carbocycles. The fourth-order valence-electron chi connectivity index (χ4n) is 3.79. The van der Waals surface area contributed by atoms with Gasteiger partial charge in [-0.3, -0.25) is 4.57 Å².